The zero-order valence-electron chi connectivity index (χ0n) is 8.33. The summed E-state index contributed by atoms with van der Waals surface area (Å²) in [6.45, 7) is 0. The van der Waals surface area contributed by atoms with Crippen molar-refractivity contribution in [2.24, 2.45) is 7.05 Å². The maximum Gasteiger partial charge on any atom is 0.114 e. The topological polar surface area (TPSA) is 35.1 Å². The van der Waals surface area contributed by atoms with Crippen molar-refractivity contribution >= 4 is 5.52 Å². The highest BCUT2D eigenvalue weighted by Crippen LogP contribution is 2.21. The monoisotopic (exact) mass is 198 g/mol. The maximum atomic E-state index is 4.40. The molecule has 0 unspecified atom stereocenters. The molecule has 0 amide bonds. The van der Waals surface area contributed by atoms with Crippen LogP contribution in [0.1, 0.15) is 0 Å². The lowest BCUT2D eigenvalue weighted by Crippen LogP contribution is -1.93. The molecule has 3 rings (SSSR count). The first-order valence-electron chi connectivity index (χ1n) is 4.76. The molecule has 74 valence electrons. The van der Waals surface area contributed by atoms with Gasteiger partial charge in [-0.3, -0.25) is 4.68 Å². The Morgan fingerprint density at radius 3 is 2.93 bits per heavy atom. The van der Waals surface area contributed by atoms with E-state index in [1.54, 1.807) is 6.20 Å². The number of nitrogens with zero attached hydrogens (tertiary/aromatic N) is 4. The molecule has 3 aromatic heterocycles. The van der Waals surface area contributed by atoms with Crippen LogP contribution in [0.3, 0.4) is 0 Å². The fourth-order valence-corrected chi connectivity index (χ4v) is 1.75. The molecule has 4 nitrogen and oxygen atoms in total. The SMILES string of the molecule is Cn1nccc1-c1ncn2ccccc12. The lowest BCUT2D eigenvalue weighted by molar-refractivity contribution is 0.774. The van der Waals surface area contributed by atoms with Crippen molar-refractivity contribution in [1.82, 2.24) is 19.2 Å². The fraction of sp³-hybridized carbons (Fsp3) is 0.0909. The van der Waals surface area contributed by atoms with Gasteiger partial charge in [-0.1, -0.05) is 6.07 Å². The Labute approximate surface area is 86.8 Å². The van der Waals surface area contributed by atoms with Crippen molar-refractivity contribution in [2.75, 3.05) is 0 Å². The molecule has 0 aromatic carbocycles. The van der Waals surface area contributed by atoms with Crippen LogP contribution in [-0.2, 0) is 7.05 Å². The summed E-state index contributed by atoms with van der Waals surface area (Å²) in [5, 5.41) is 4.15. The van der Waals surface area contributed by atoms with Crippen molar-refractivity contribution in [3.8, 4) is 11.4 Å². The number of rotatable bonds is 1. The van der Waals surface area contributed by atoms with E-state index in [1.165, 1.54) is 0 Å². The van der Waals surface area contributed by atoms with E-state index in [4.69, 9.17) is 0 Å². The molecule has 4 heteroatoms. The smallest absolute Gasteiger partial charge is 0.114 e. The minimum atomic E-state index is 0.968. The van der Waals surface area contributed by atoms with Crippen LogP contribution in [-0.4, -0.2) is 19.2 Å². The van der Waals surface area contributed by atoms with Crippen LogP contribution < -0.4 is 0 Å². The third kappa shape index (κ3) is 1.15. The van der Waals surface area contributed by atoms with Gasteiger partial charge >= 0.3 is 0 Å². The van der Waals surface area contributed by atoms with Gasteiger partial charge in [-0.15, -0.1) is 0 Å². The number of hydrogen-bond acceptors (Lipinski definition) is 2. The highest BCUT2D eigenvalue weighted by Gasteiger charge is 2.08. The average molecular weight is 198 g/mol. The molecule has 15 heavy (non-hydrogen) atoms. The molecule has 0 N–H and O–H groups in total. The second-order valence-corrected chi connectivity index (χ2v) is 3.43. The summed E-state index contributed by atoms with van der Waals surface area (Å²) < 4.78 is 3.83. The van der Waals surface area contributed by atoms with Gasteiger partial charge < -0.3 is 4.40 Å². The molecule has 0 fully saturated rings. The largest absolute Gasteiger partial charge is 0.306 e. The van der Waals surface area contributed by atoms with Crippen molar-refractivity contribution in [3.63, 3.8) is 0 Å². The van der Waals surface area contributed by atoms with E-state index >= 15 is 0 Å². The summed E-state index contributed by atoms with van der Waals surface area (Å²) in [7, 11) is 1.92. The van der Waals surface area contributed by atoms with Crippen molar-refractivity contribution in [2.45, 2.75) is 0 Å². The Balaban J connectivity index is 2.32. The molecule has 0 atom stereocenters. The van der Waals surface area contributed by atoms with Crippen LogP contribution in [0.25, 0.3) is 16.9 Å². The normalized spacial score (nSPS) is 11.0. The lowest BCUT2D eigenvalue weighted by atomic mass is 10.2. The summed E-state index contributed by atoms with van der Waals surface area (Å²) in [5.74, 6) is 0. The van der Waals surface area contributed by atoms with E-state index in [9.17, 15) is 0 Å². The molecule has 0 aliphatic heterocycles. The van der Waals surface area contributed by atoms with Crippen molar-refractivity contribution in [3.05, 3.63) is 43.0 Å². The van der Waals surface area contributed by atoms with Gasteiger partial charge in [-0.05, 0) is 18.2 Å². The van der Waals surface area contributed by atoms with Crippen molar-refractivity contribution < 1.29 is 0 Å². The fourth-order valence-electron chi connectivity index (χ4n) is 1.75. The Bertz CT molecular complexity index is 606. The zero-order valence-corrected chi connectivity index (χ0v) is 8.33. The number of hydrogen-bond donors (Lipinski definition) is 0. The summed E-state index contributed by atoms with van der Waals surface area (Å²) in [4.78, 5) is 4.40. The summed E-state index contributed by atoms with van der Waals surface area (Å²) in [5.41, 5.74) is 3.10. The van der Waals surface area contributed by atoms with E-state index in [2.05, 4.69) is 16.1 Å². The van der Waals surface area contributed by atoms with Crippen LogP contribution in [0, 0.1) is 0 Å². The average Bonchev–Trinajstić information content (AvgIpc) is 2.83. The first-order chi connectivity index (χ1) is 7.36. The Morgan fingerprint density at radius 1 is 1.20 bits per heavy atom. The summed E-state index contributed by atoms with van der Waals surface area (Å²) in [6.07, 6.45) is 5.59. The quantitative estimate of drug-likeness (QED) is 0.597. The van der Waals surface area contributed by atoms with Gasteiger partial charge in [-0.25, -0.2) is 4.98 Å². The Kier molecular flexibility index (Phi) is 1.62. The number of aryl methyl sites for hydroxylation is 1. The molecular weight excluding hydrogens is 188 g/mol. The van der Waals surface area contributed by atoms with Crippen molar-refractivity contribution in [1.29, 1.82) is 0 Å². The second-order valence-electron chi connectivity index (χ2n) is 3.43. The number of imidazole rings is 1. The molecule has 0 bridgehead atoms. The van der Waals surface area contributed by atoms with Gasteiger partial charge in [0.05, 0.1) is 11.2 Å². The molecule has 0 aliphatic rings. The van der Waals surface area contributed by atoms with E-state index < -0.39 is 0 Å². The van der Waals surface area contributed by atoms with Gasteiger partial charge in [0.15, 0.2) is 0 Å². The van der Waals surface area contributed by atoms with Gasteiger partial charge in [0.1, 0.15) is 12.0 Å². The van der Waals surface area contributed by atoms with E-state index in [1.807, 2.05) is 46.9 Å². The lowest BCUT2D eigenvalue weighted by Gasteiger charge is -1.98. The molecule has 0 radical (unpaired) electrons. The second kappa shape index (κ2) is 2.95. The zero-order chi connectivity index (χ0) is 10.3. The van der Waals surface area contributed by atoms with Crippen LogP contribution in [0.2, 0.25) is 0 Å². The van der Waals surface area contributed by atoms with E-state index in [0.29, 0.717) is 0 Å². The Morgan fingerprint density at radius 2 is 2.13 bits per heavy atom. The number of fused-ring (bicyclic) bond motifs is 1. The van der Waals surface area contributed by atoms with E-state index in [-0.39, 0.29) is 0 Å². The Hall–Kier alpha value is -2.10. The number of aromatic nitrogens is 4. The predicted molar refractivity (Wildman–Crippen MR) is 57.4 cm³/mol. The standard InChI is InChI=1S/C11H10N4/c1-14-9(5-6-13-14)11-10-4-2-3-7-15(10)8-12-11/h2-8H,1H3. The summed E-state index contributed by atoms with van der Waals surface area (Å²) in [6, 6.07) is 8.02. The van der Waals surface area contributed by atoms with E-state index in [0.717, 1.165) is 16.9 Å². The first kappa shape index (κ1) is 8.23. The molecule has 3 heterocycles. The minimum absolute atomic E-state index is 0.968. The first-order valence-corrected chi connectivity index (χ1v) is 4.76. The van der Waals surface area contributed by atoms with Gasteiger partial charge in [0.25, 0.3) is 0 Å². The molecule has 0 saturated heterocycles. The summed E-state index contributed by atoms with van der Waals surface area (Å²) >= 11 is 0. The van der Waals surface area contributed by atoms with Gasteiger partial charge in [0, 0.05) is 19.4 Å². The minimum Gasteiger partial charge on any atom is -0.306 e. The van der Waals surface area contributed by atoms with Gasteiger partial charge in [-0.2, -0.15) is 5.10 Å². The third-order valence-electron chi connectivity index (χ3n) is 2.51. The van der Waals surface area contributed by atoms with Gasteiger partial charge in [0.2, 0.25) is 0 Å². The molecule has 0 saturated carbocycles. The highest BCUT2D eigenvalue weighted by molar-refractivity contribution is 5.74. The molecule has 3 aromatic rings. The maximum absolute atomic E-state index is 4.40. The third-order valence-corrected chi connectivity index (χ3v) is 2.51. The molecule has 0 aliphatic carbocycles. The van der Waals surface area contributed by atoms with Crippen LogP contribution >= 0.6 is 0 Å². The molecular formula is C11H10N4. The van der Waals surface area contributed by atoms with Crippen LogP contribution in [0.5, 0.6) is 0 Å². The highest BCUT2D eigenvalue weighted by atomic mass is 15.3. The van der Waals surface area contributed by atoms with Crippen LogP contribution in [0.4, 0.5) is 0 Å². The molecule has 0 spiro atoms. The number of pyridine rings is 1. The predicted octanol–water partition coefficient (Wildman–Crippen LogP) is 1.73. The van der Waals surface area contributed by atoms with Crippen LogP contribution in [0.15, 0.2) is 43.0 Å².